The molecule has 0 unspecified atom stereocenters. The van der Waals surface area contributed by atoms with E-state index in [1.54, 1.807) is 24.3 Å². The Bertz CT molecular complexity index is 849. The van der Waals surface area contributed by atoms with E-state index in [1.807, 2.05) is 6.07 Å². The maximum absolute atomic E-state index is 12.5. The highest BCUT2D eigenvalue weighted by Gasteiger charge is 2.34. The van der Waals surface area contributed by atoms with Crippen LogP contribution in [0.5, 0.6) is 11.5 Å². The second-order valence-corrected chi connectivity index (χ2v) is 5.44. The minimum atomic E-state index is -0.521. The third-order valence-corrected chi connectivity index (χ3v) is 3.78. The van der Waals surface area contributed by atoms with Crippen molar-refractivity contribution in [3.8, 4) is 11.5 Å². The lowest BCUT2D eigenvalue weighted by atomic mass is 10.1. The molecule has 2 aromatic carbocycles. The topological polar surface area (TPSA) is 78.9 Å². The molecule has 1 heterocycles. The zero-order chi connectivity index (χ0) is 17.3. The number of phenols is 1. The Kier molecular flexibility index (Phi) is 4.14. The molecule has 0 radical (unpaired) electrons. The molecule has 2 N–H and O–H groups in total. The first-order valence-electron chi connectivity index (χ1n) is 7.00. The Balaban J connectivity index is 1.98. The molecule has 0 saturated carbocycles. The molecule has 0 aromatic heterocycles. The minimum absolute atomic E-state index is 0.0392. The fourth-order valence-corrected chi connectivity index (χ4v) is 2.53. The van der Waals surface area contributed by atoms with Crippen molar-refractivity contribution in [1.82, 2.24) is 5.43 Å². The monoisotopic (exact) mass is 344 g/mol. The molecule has 1 aliphatic rings. The van der Waals surface area contributed by atoms with Crippen molar-refractivity contribution < 1.29 is 19.4 Å². The van der Waals surface area contributed by atoms with Crippen LogP contribution in [0.1, 0.15) is 5.56 Å². The van der Waals surface area contributed by atoms with Gasteiger partial charge < -0.3 is 9.84 Å². The number of rotatable bonds is 3. The summed E-state index contributed by atoms with van der Waals surface area (Å²) >= 11 is 5.93. The summed E-state index contributed by atoms with van der Waals surface area (Å²) in [6.07, 6.45) is 1.40. The molecule has 0 bridgehead atoms. The third-order valence-electron chi connectivity index (χ3n) is 3.49. The fourth-order valence-electron chi connectivity index (χ4n) is 2.32. The largest absolute Gasteiger partial charge is 0.503 e. The molecule has 3 rings (SSSR count). The lowest BCUT2D eigenvalue weighted by Crippen LogP contribution is -2.35. The number of halogens is 1. The van der Waals surface area contributed by atoms with Crippen LogP contribution in [0.2, 0.25) is 5.02 Å². The minimum Gasteiger partial charge on any atom is -0.503 e. The molecule has 0 aliphatic carbocycles. The van der Waals surface area contributed by atoms with Crippen molar-refractivity contribution in [2.45, 2.75) is 0 Å². The smallest absolute Gasteiger partial charge is 0.282 e. The van der Waals surface area contributed by atoms with Crippen LogP contribution < -0.4 is 15.2 Å². The normalized spacial score (nSPS) is 15.8. The van der Waals surface area contributed by atoms with Crippen molar-refractivity contribution in [3.05, 3.63) is 58.6 Å². The van der Waals surface area contributed by atoms with Gasteiger partial charge in [-0.05, 0) is 35.9 Å². The van der Waals surface area contributed by atoms with E-state index in [-0.39, 0.29) is 22.1 Å². The summed E-state index contributed by atoms with van der Waals surface area (Å²) in [6, 6.07) is 11.7. The predicted molar refractivity (Wildman–Crippen MR) is 89.7 cm³/mol. The van der Waals surface area contributed by atoms with Crippen molar-refractivity contribution in [2.75, 3.05) is 12.1 Å². The molecule has 1 saturated heterocycles. The van der Waals surface area contributed by atoms with E-state index >= 15 is 0 Å². The van der Waals surface area contributed by atoms with Crippen LogP contribution in [0.15, 0.2) is 48.0 Å². The molecular weight excluding hydrogens is 332 g/mol. The number of ether oxygens (including phenoxy) is 1. The van der Waals surface area contributed by atoms with Crippen molar-refractivity contribution in [3.63, 3.8) is 0 Å². The zero-order valence-electron chi connectivity index (χ0n) is 12.6. The summed E-state index contributed by atoms with van der Waals surface area (Å²) in [5.41, 5.74) is 3.49. The third kappa shape index (κ3) is 2.79. The number of para-hydroxylation sites is 1. The van der Waals surface area contributed by atoms with Crippen LogP contribution >= 0.6 is 11.6 Å². The van der Waals surface area contributed by atoms with Crippen molar-refractivity contribution in [1.29, 1.82) is 0 Å². The highest BCUT2D eigenvalue weighted by Crippen LogP contribution is 2.35. The van der Waals surface area contributed by atoms with Gasteiger partial charge in [-0.1, -0.05) is 29.8 Å². The predicted octanol–water partition coefficient (Wildman–Crippen LogP) is 2.52. The van der Waals surface area contributed by atoms with Gasteiger partial charge in [0, 0.05) is 0 Å². The average Bonchev–Trinajstić information content (AvgIpc) is 2.87. The van der Waals surface area contributed by atoms with Crippen LogP contribution in [0, 0.1) is 0 Å². The molecule has 2 amide bonds. The number of hydrogen-bond donors (Lipinski definition) is 2. The number of hydrogen-bond acceptors (Lipinski definition) is 4. The van der Waals surface area contributed by atoms with Gasteiger partial charge in [-0.3, -0.25) is 15.0 Å². The van der Waals surface area contributed by atoms with Gasteiger partial charge in [0.2, 0.25) is 0 Å². The molecule has 2 aromatic rings. The number of carbonyl (C=O) groups is 2. The zero-order valence-corrected chi connectivity index (χ0v) is 13.4. The van der Waals surface area contributed by atoms with Gasteiger partial charge in [0.15, 0.2) is 11.5 Å². The van der Waals surface area contributed by atoms with Gasteiger partial charge in [-0.25, -0.2) is 5.01 Å². The molecule has 0 atom stereocenters. The first-order chi connectivity index (χ1) is 11.5. The highest BCUT2D eigenvalue weighted by molar-refractivity contribution is 6.33. The number of carbonyl (C=O) groups excluding carboxylic acids is 2. The van der Waals surface area contributed by atoms with Crippen molar-refractivity contribution in [2.24, 2.45) is 0 Å². The molecule has 0 spiro atoms. The van der Waals surface area contributed by atoms with E-state index < -0.39 is 11.8 Å². The van der Waals surface area contributed by atoms with E-state index in [4.69, 9.17) is 16.3 Å². The van der Waals surface area contributed by atoms with Gasteiger partial charge in [0.1, 0.15) is 5.57 Å². The SMILES string of the molecule is COc1cc(/C=C2\C(=O)NN(c3ccccc3)C2=O)cc(Cl)c1O. The van der Waals surface area contributed by atoms with Gasteiger partial charge in [0.25, 0.3) is 11.8 Å². The first-order valence-corrected chi connectivity index (χ1v) is 7.37. The summed E-state index contributed by atoms with van der Waals surface area (Å²) < 4.78 is 5.02. The summed E-state index contributed by atoms with van der Waals surface area (Å²) in [5, 5.41) is 11.0. The van der Waals surface area contributed by atoms with Crippen LogP contribution in [0.25, 0.3) is 6.08 Å². The number of nitrogens with zero attached hydrogens (tertiary/aromatic N) is 1. The quantitative estimate of drug-likeness (QED) is 0.662. The molecule has 24 heavy (non-hydrogen) atoms. The molecule has 7 heteroatoms. The maximum Gasteiger partial charge on any atom is 0.282 e. The number of benzene rings is 2. The van der Waals surface area contributed by atoms with Gasteiger partial charge in [0.05, 0.1) is 17.8 Å². The van der Waals surface area contributed by atoms with Crippen molar-refractivity contribution >= 4 is 35.2 Å². The Morgan fingerprint density at radius 3 is 2.58 bits per heavy atom. The van der Waals surface area contributed by atoms with E-state index in [2.05, 4.69) is 5.43 Å². The first kappa shape index (κ1) is 15.9. The maximum atomic E-state index is 12.5. The van der Waals surface area contributed by atoms with Crippen LogP contribution in [0.4, 0.5) is 5.69 Å². The standard InChI is InChI=1S/C17H13ClN2O4/c1-24-14-9-10(8-13(18)15(14)21)7-12-16(22)19-20(17(12)23)11-5-3-2-4-6-11/h2-9,21H,1H3,(H,19,22)/b12-7+. The Hall–Kier alpha value is -2.99. The Morgan fingerprint density at radius 1 is 1.21 bits per heavy atom. The highest BCUT2D eigenvalue weighted by atomic mass is 35.5. The second kappa shape index (κ2) is 6.25. The number of phenolic OH excluding ortho intramolecular Hbond substituents is 1. The van der Waals surface area contributed by atoms with E-state index in [0.29, 0.717) is 11.3 Å². The Labute approximate surface area is 142 Å². The van der Waals surface area contributed by atoms with E-state index in [9.17, 15) is 14.7 Å². The lowest BCUT2D eigenvalue weighted by molar-refractivity contribution is -0.117. The summed E-state index contributed by atoms with van der Waals surface area (Å²) in [6.45, 7) is 0. The Morgan fingerprint density at radius 2 is 1.92 bits per heavy atom. The number of anilines is 1. The second-order valence-electron chi connectivity index (χ2n) is 5.03. The van der Waals surface area contributed by atoms with Crippen LogP contribution in [-0.4, -0.2) is 24.0 Å². The molecular formula is C17H13ClN2O4. The molecule has 1 fully saturated rings. The van der Waals surface area contributed by atoms with Gasteiger partial charge in [-0.2, -0.15) is 0 Å². The van der Waals surface area contributed by atoms with Gasteiger partial charge in [-0.15, -0.1) is 0 Å². The number of amides is 2. The summed E-state index contributed by atoms with van der Waals surface area (Å²) in [7, 11) is 1.38. The van der Waals surface area contributed by atoms with E-state index in [0.717, 1.165) is 0 Å². The molecule has 122 valence electrons. The lowest BCUT2D eigenvalue weighted by Gasteiger charge is -2.13. The summed E-state index contributed by atoms with van der Waals surface area (Å²) in [5.74, 6) is -1.05. The molecule has 1 aliphatic heterocycles. The van der Waals surface area contributed by atoms with Crippen LogP contribution in [-0.2, 0) is 9.59 Å². The number of hydrazine groups is 1. The number of aromatic hydroxyl groups is 1. The average molecular weight is 345 g/mol. The number of nitrogens with one attached hydrogen (secondary N) is 1. The van der Waals surface area contributed by atoms with Gasteiger partial charge >= 0.3 is 0 Å². The number of methoxy groups -OCH3 is 1. The fraction of sp³-hybridized carbons (Fsp3) is 0.0588. The van der Waals surface area contributed by atoms with E-state index in [1.165, 1.54) is 30.3 Å². The van der Waals surface area contributed by atoms with Crippen LogP contribution in [0.3, 0.4) is 0 Å². The summed E-state index contributed by atoms with van der Waals surface area (Å²) in [4.78, 5) is 24.6. The molecule has 6 nitrogen and oxygen atoms in total.